The molecule has 0 spiro atoms. The Morgan fingerprint density at radius 2 is 1.87 bits per heavy atom. The number of piperidine rings is 1. The minimum absolute atomic E-state index is 0.105. The van der Waals surface area contributed by atoms with E-state index in [-0.39, 0.29) is 17.5 Å². The highest BCUT2D eigenvalue weighted by molar-refractivity contribution is 7.88. The van der Waals surface area contributed by atoms with Crippen LogP contribution in [0.15, 0.2) is 28.7 Å². The normalized spacial score (nSPS) is 17.5. The van der Waals surface area contributed by atoms with Gasteiger partial charge < -0.3 is 4.42 Å². The first-order chi connectivity index (χ1) is 10.9. The number of hydrogen-bond acceptors (Lipinski definition) is 5. The van der Waals surface area contributed by atoms with Crippen molar-refractivity contribution >= 4 is 10.0 Å². The fourth-order valence-electron chi connectivity index (χ4n) is 2.74. The Hall–Kier alpha value is -1.80. The van der Waals surface area contributed by atoms with Crippen LogP contribution in [0.5, 0.6) is 0 Å². The molecule has 0 N–H and O–H groups in total. The Labute approximate surface area is 134 Å². The van der Waals surface area contributed by atoms with Crippen molar-refractivity contribution in [2.45, 2.75) is 31.4 Å². The third-order valence-electron chi connectivity index (χ3n) is 4.00. The van der Waals surface area contributed by atoms with Crippen LogP contribution in [0.25, 0.3) is 0 Å². The molecule has 1 fully saturated rings. The third kappa shape index (κ3) is 3.76. The highest BCUT2D eigenvalue weighted by atomic mass is 32.2. The number of benzene rings is 1. The van der Waals surface area contributed by atoms with Crippen molar-refractivity contribution < 1.29 is 17.2 Å². The molecule has 1 aliphatic rings. The smallest absolute Gasteiger partial charge is 0.219 e. The number of aromatic nitrogens is 2. The summed E-state index contributed by atoms with van der Waals surface area (Å²) >= 11 is 0. The van der Waals surface area contributed by atoms with Crippen LogP contribution in [0, 0.1) is 12.7 Å². The van der Waals surface area contributed by atoms with E-state index < -0.39 is 10.0 Å². The van der Waals surface area contributed by atoms with Gasteiger partial charge in [0.05, 0.1) is 5.75 Å². The average Bonchev–Trinajstić information content (AvgIpc) is 2.96. The van der Waals surface area contributed by atoms with Gasteiger partial charge in [0.2, 0.25) is 21.8 Å². The number of rotatable bonds is 4. The lowest BCUT2D eigenvalue weighted by atomic mass is 9.98. The molecule has 2 heterocycles. The lowest BCUT2D eigenvalue weighted by Crippen LogP contribution is -2.38. The lowest BCUT2D eigenvalue weighted by molar-refractivity contribution is 0.287. The zero-order valence-corrected chi connectivity index (χ0v) is 13.6. The maximum Gasteiger partial charge on any atom is 0.219 e. The molecule has 2 aromatic rings. The molecule has 0 amide bonds. The van der Waals surface area contributed by atoms with Gasteiger partial charge in [-0.25, -0.2) is 17.1 Å². The van der Waals surface area contributed by atoms with Crippen LogP contribution < -0.4 is 0 Å². The van der Waals surface area contributed by atoms with Gasteiger partial charge in [0.25, 0.3) is 0 Å². The minimum atomic E-state index is -3.41. The molecule has 124 valence electrons. The van der Waals surface area contributed by atoms with Gasteiger partial charge in [-0.05, 0) is 30.5 Å². The van der Waals surface area contributed by atoms with Crippen molar-refractivity contribution in [1.29, 1.82) is 0 Å². The van der Waals surface area contributed by atoms with Gasteiger partial charge in [0.15, 0.2) is 0 Å². The molecular weight excluding hydrogens is 321 g/mol. The Kier molecular flexibility index (Phi) is 4.45. The van der Waals surface area contributed by atoms with Gasteiger partial charge in [-0.2, -0.15) is 0 Å². The number of hydrogen-bond donors (Lipinski definition) is 0. The van der Waals surface area contributed by atoms with Crippen molar-refractivity contribution in [2.24, 2.45) is 0 Å². The molecule has 6 nitrogen and oxygen atoms in total. The second-order valence-corrected chi connectivity index (χ2v) is 7.68. The molecule has 23 heavy (non-hydrogen) atoms. The average molecular weight is 339 g/mol. The minimum Gasteiger partial charge on any atom is -0.425 e. The summed E-state index contributed by atoms with van der Waals surface area (Å²) in [5.41, 5.74) is 0.584. The summed E-state index contributed by atoms with van der Waals surface area (Å²) in [5, 5.41) is 7.83. The highest BCUT2D eigenvalue weighted by Crippen LogP contribution is 2.28. The molecule has 0 saturated carbocycles. The van der Waals surface area contributed by atoms with E-state index in [1.807, 2.05) is 0 Å². The van der Waals surface area contributed by atoms with E-state index >= 15 is 0 Å². The lowest BCUT2D eigenvalue weighted by Gasteiger charge is -2.29. The van der Waals surface area contributed by atoms with Crippen LogP contribution in [0.4, 0.5) is 4.39 Å². The molecule has 0 unspecified atom stereocenters. The van der Waals surface area contributed by atoms with E-state index in [1.165, 1.54) is 28.6 Å². The van der Waals surface area contributed by atoms with Crippen molar-refractivity contribution in [1.82, 2.24) is 14.5 Å². The summed E-state index contributed by atoms with van der Waals surface area (Å²) in [4.78, 5) is 0. The molecule has 1 aromatic heterocycles. The molecule has 8 heteroatoms. The zero-order valence-electron chi connectivity index (χ0n) is 12.8. The summed E-state index contributed by atoms with van der Waals surface area (Å²) < 4.78 is 44.7. The van der Waals surface area contributed by atoms with Gasteiger partial charge in [-0.3, -0.25) is 0 Å². The summed E-state index contributed by atoms with van der Waals surface area (Å²) in [5.74, 6) is 0.720. The summed E-state index contributed by atoms with van der Waals surface area (Å²) in [7, 11) is -3.41. The van der Waals surface area contributed by atoms with E-state index in [2.05, 4.69) is 10.2 Å². The maximum absolute atomic E-state index is 12.9. The van der Waals surface area contributed by atoms with Crippen molar-refractivity contribution in [3.8, 4) is 0 Å². The number of halogens is 1. The van der Waals surface area contributed by atoms with Gasteiger partial charge in [0.1, 0.15) is 5.82 Å². The molecule has 0 radical (unpaired) electrons. The first kappa shape index (κ1) is 16.1. The van der Waals surface area contributed by atoms with Crippen LogP contribution in [-0.4, -0.2) is 36.0 Å². The Bertz CT molecular complexity index is 766. The second-order valence-electron chi connectivity index (χ2n) is 5.72. The molecule has 0 bridgehead atoms. The Morgan fingerprint density at radius 1 is 1.22 bits per heavy atom. The summed E-state index contributed by atoms with van der Waals surface area (Å²) in [6.45, 7) is 2.59. The van der Waals surface area contributed by atoms with Crippen LogP contribution in [0.1, 0.15) is 36.1 Å². The standard InChI is InChI=1S/C15H18FN3O3S/c1-11-17-18-15(22-11)13-6-8-19(9-7-13)23(20,21)10-12-2-4-14(16)5-3-12/h2-5,13H,6-10H2,1H3. The molecule has 1 aromatic carbocycles. The topological polar surface area (TPSA) is 76.3 Å². The molecule has 3 rings (SSSR count). The van der Waals surface area contributed by atoms with E-state index in [0.29, 0.717) is 43.3 Å². The van der Waals surface area contributed by atoms with Gasteiger partial charge in [-0.1, -0.05) is 12.1 Å². The first-order valence-electron chi connectivity index (χ1n) is 7.46. The van der Waals surface area contributed by atoms with Crippen molar-refractivity contribution in [3.63, 3.8) is 0 Å². The SMILES string of the molecule is Cc1nnc(C2CCN(S(=O)(=O)Cc3ccc(F)cc3)CC2)o1. The van der Waals surface area contributed by atoms with E-state index in [1.54, 1.807) is 6.92 Å². The largest absolute Gasteiger partial charge is 0.425 e. The number of nitrogens with zero attached hydrogens (tertiary/aromatic N) is 3. The summed E-state index contributed by atoms with van der Waals surface area (Å²) in [6, 6.07) is 5.55. The predicted octanol–water partition coefficient (Wildman–Crippen LogP) is 2.23. The molecular formula is C15H18FN3O3S. The van der Waals surface area contributed by atoms with E-state index in [9.17, 15) is 12.8 Å². The monoisotopic (exact) mass is 339 g/mol. The third-order valence-corrected chi connectivity index (χ3v) is 5.85. The van der Waals surface area contributed by atoms with Gasteiger partial charge in [-0.15, -0.1) is 10.2 Å². The fourth-order valence-corrected chi connectivity index (χ4v) is 4.30. The van der Waals surface area contributed by atoms with Gasteiger partial charge in [0, 0.05) is 25.9 Å². The van der Waals surface area contributed by atoms with Crippen molar-refractivity contribution in [2.75, 3.05) is 13.1 Å². The fraction of sp³-hybridized carbons (Fsp3) is 0.467. The van der Waals surface area contributed by atoms with Crippen LogP contribution in [0.3, 0.4) is 0 Å². The molecule has 0 atom stereocenters. The van der Waals surface area contributed by atoms with Crippen LogP contribution in [-0.2, 0) is 15.8 Å². The first-order valence-corrected chi connectivity index (χ1v) is 9.07. The molecule has 1 aliphatic heterocycles. The van der Waals surface area contributed by atoms with Crippen LogP contribution in [0.2, 0.25) is 0 Å². The molecule has 0 aliphatic carbocycles. The Morgan fingerprint density at radius 3 is 2.43 bits per heavy atom. The van der Waals surface area contributed by atoms with E-state index in [0.717, 1.165) is 0 Å². The number of aryl methyl sites for hydroxylation is 1. The number of sulfonamides is 1. The van der Waals surface area contributed by atoms with Gasteiger partial charge >= 0.3 is 0 Å². The summed E-state index contributed by atoms with van der Waals surface area (Å²) in [6.07, 6.45) is 1.31. The maximum atomic E-state index is 12.9. The highest BCUT2D eigenvalue weighted by Gasteiger charge is 2.30. The Balaban J connectivity index is 1.63. The molecule has 1 saturated heterocycles. The van der Waals surface area contributed by atoms with Crippen molar-refractivity contribution in [3.05, 3.63) is 47.4 Å². The second kappa shape index (κ2) is 6.37. The quantitative estimate of drug-likeness (QED) is 0.854. The predicted molar refractivity (Wildman–Crippen MR) is 81.6 cm³/mol. The van der Waals surface area contributed by atoms with E-state index in [4.69, 9.17) is 4.42 Å². The van der Waals surface area contributed by atoms with Crippen LogP contribution >= 0.6 is 0 Å². The zero-order chi connectivity index (χ0) is 16.4.